The highest BCUT2D eigenvalue weighted by Gasteiger charge is 2.60. The van der Waals surface area contributed by atoms with Gasteiger partial charge >= 0.3 is 6.18 Å². The number of hydrogen-bond donors (Lipinski definition) is 0. The van der Waals surface area contributed by atoms with Crippen LogP contribution in [0, 0.1) is 5.41 Å². The molecule has 3 aromatic carbocycles. The number of halogens is 4. The molecule has 0 radical (unpaired) electrons. The first kappa shape index (κ1) is 24.9. The highest BCUT2D eigenvalue weighted by Crippen LogP contribution is 2.49. The third kappa shape index (κ3) is 4.07. The van der Waals surface area contributed by atoms with Crippen molar-refractivity contribution in [2.24, 2.45) is 10.5 Å². The summed E-state index contributed by atoms with van der Waals surface area (Å²) in [6, 6.07) is 20.6. The molecule has 0 bridgehead atoms. The smallest absolute Gasteiger partial charge is 0.364 e. The van der Waals surface area contributed by atoms with Crippen molar-refractivity contribution in [3.8, 4) is 0 Å². The maximum atomic E-state index is 14.3. The Morgan fingerprint density at radius 3 is 2.47 bits per heavy atom. The van der Waals surface area contributed by atoms with Crippen molar-refractivity contribution < 1.29 is 18.0 Å². The minimum atomic E-state index is -4.47. The fraction of sp³-hybridized carbons (Fsp3) is 0.310. The Balaban J connectivity index is 1.43. The van der Waals surface area contributed by atoms with Gasteiger partial charge in [0, 0.05) is 36.9 Å². The van der Waals surface area contributed by atoms with Crippen LogP contribution in [0.25, 0.3) is 0 Å². The molecule has 1 amide bonds. The van der Waals surface area contributed by atoms with E-state index in [0.717, 1.165) is 24.8 Å². The molecule has 0 N–H and O–H groups in total. The van der Waals surface area contributed by atoms with Crippen molar-refractivity contribution in [3.63, 3.8) is 0 Å². The molecule has 0 aliphatic carbocycles. The van der Waals surface area contributed by atoms with Crippen LogP contribution in [-0.2, 0) is 23.9 Å². The van der Waals surface area contributed by atoms with Crippen LogP contribution in [0.4, 0.5) is 24.5 Å². The average Bonchev–Trinajstić information content (AvgIpc) is 3.14. The third-order valence-electron chi connectivity index (χ3n) is 8.01. The fourth-order valence-electron chi connectivity index (χ4n) is 6.11. The summed E-state index contributed by atoms with van der Waals surface area (Å²) in [5.41, 5.74) is 1.85. The summed E-state index contributed by atoms with van der Waals surface area (Å²) >= 11 is 6.06. The first-order chi connectivity index (χ1) is 18.2. The lowest BCUT2D eigenvalue weighted by Crippen LogP contribution is -2.66. The van der Waals surface area contributed by atoms with E-state index in [-0.39, 0.29) is 18.4 Å². The van der Waals surface area contributed by atoms with Crippen LogP contribution in [0.5, 0.6) is 0 Å². The van der Waals surface area contributed by atoms with Gasteiger partial charge in [-0.1, -0.05) is 41.9 Å². The van der Waals surface area contributed by atoms with Crippen LogP contribution in [-0.4, -0.2) is 42.2 Å². The van der Waals surface area contributed by atoms with Crippen molar-refractivity contribution >= 4 is 34.6 Å². The molecular formula is C29H26ClF3N4O. The molecule has 1 saturated heterocycles. The molecule has 9 heteroatoms. The normalized spacial score (nSPS) is 23.4. The number of piperazine rings is 1. The minimum Gasteiger partial charge on any atom is -0.364 e. The molecule has 2 atom stereocenters. The van der Waals surface area contributed by atoms with E-state index >= 15 is 0 Å². The molecule has 6 rings (SSSR count). The first-order valence-corrected chi connectivity index (χ1v) is 12.9. The minimum absolute atomic E-state index is 0.158. The number of hydrazone groups is 1. The van der Waals surface area contributed by atoms with E-state index in [2.05, 4.69) is 27.0 Å². The Morgan fingerprint density at radius 2 is 1.76 bits per heavy atom. The molecular weight excluding hydrogens is 513 g/mol. The second-order valence-corrected chi connectivity index (χ2v) is 10.6. The Hall–Kier alpha value is -3.36. The second kappa shape index (κ2) is 9.13. The van der Waals surface area contributed by atoms with Crippen LogP contribution in [0.1, 0.15) is 23.6 Å². The summed E-state index contributed by atoms with van der Waals surface area (Å²) in [5.74, 6) is -0.225. The van der Waals surface area contributed by atoms with E-state index in [1.807, 2.05) is 25.1 Å². The lowest BCUT2D eigenvalue weighted by molar-refractivity contribution is -0.137. The quantitative estimate of drug-likeness (QED) is 0.410. The van der Waals surface area contributed by atoms with Crippen LogP contribution in [0.3, 0.4) is 0 Å². The van der Waals surface area contributed by atoms with E-state index in [9.17, 15) is 18.0 Å². The van der Waals surface area contributed by atoms with Gasteiger partial charge in [0.25, 0.3) is 5.91 Å². The van der Waals surface area contributed by atoms with Gasteiger partial charge in [-0.05, 0) is 66.9 Å². The number of rotatable bonds is 3. The molecule has 5 nitrogen and oxygen atoms in total. The monoisotopic (exact) mass is 538 g/mol. The average molecular weight is 539 g/mol. The summed E-state index contributed by atoms with van der Waals surface area (Å²) < 4.78 is 41.0. The number of benzene rings is 3. The summed E-state index contributed by atoms with van der Waals surface area (Å²) in [7, 11) is 0. The molecule has 1 spiro atoms. The standard InChI is InChI=1S/C29H26ClF3N4O/c1-19-28(27(38)37(34-19)24-10-8-23(30)9-11-24)16-21-15-22(29(31,32)33)7-12-25(21)36-14-13-35(18-26(28)36)17-20-5-3-2-4-6-20/h2-12,15,26H,13-14,16-18H2,1H3/t26-,28-/m1/s1. The van der Waals surface area contributed by atoms with E-state index < -0.39 is 17.2 Å². The van der Waals surface area contributed by atoms with Crippen molar-refractivity contribution in [2.75, 3.05) is 29.5 Å². The molecule has 1 fully saturated rings. The molecule has 38 heavy (non-hydrogen) atoms. The SMILES string of the molecule is CC1=NN(c2ccc(Cl)cc2)C(=O)[C@]12Cc1cc(C(F)(F)F)ccc1N1CCN(Cc3ccccc3)C[C@@H]12. The zero-order chi connectivity index (χ0) is 26.7. The van der Waals surface area contributed by atoms with Gasteiger partial charge in [-0.3, -0.25) is 9.69 Å². The number of nitrogens with zero attached hydrogens (tertiary/aromatic N) is 4. The molecule has 0 unspecified atom stereocenters. The first-order valence-electron chi connectivity index (χ1n) is 12.6. The number of hydrogen-bond acceptors (Lipinski definition) is 4. The molecule has 3 aromatic rings. The maximum absolute atomic E-state index is 14.3. The topological polar surface area (TPSA) is 39.2 Å². The molecule has 196 valence electrons. The predicted molar refractivity (Wildman–Crippen MR) is 142 cm³/mol. The lowest BCUT2D eigenvalue weighted by atomic mass is 9.67. The number of carbonyl (C=O) groups excluding carboxylic acids is 1. The van der Waals surface area contributed by atoms with Gasteiger partial charge < -0.3 is 4.90 Å². The Bertz CT molecular complexity index is 1410. The van der Waals surface area contributed by atoms with Crippen LogP contribution >= 0.6 is 11.6 Å². The Kier molecular flexibility index (Phi) is 6.00. The number of alkyl halides is 3. The lowest BCUT2D eigenvalue weighted by Gasteiger charge is -2.53. The van der Waals surface area contributed by atoms with Crippen LogP contribution < -0.4 is 9.91 Å². The molecule has 3 aliphatic heterocycles. The highest BCUT2D eigenvalue weighted by molar-refractivity contribution is 6.30. The molecule has 3 aliphatic rings. The van der Waals surface area contributed by atoms with Crippen molar-refractivity contribution in [2.45, 2.75) is 32.1 Å². The number of anilines is 2. The zero-order valence-corrected chi connectivity index (χ0v) is 21.5. The van der Waals surface area contributed by atoms with Crippen molar-refractivity contribution in [3.05, 3.63) is 94.5 Å². The van der Waals surface area contributed by atoms with Gasteiger partial charge in [0.1, 0.15) is 5.41 Å². The summed E-state index contributed by atoms with van der Waals surface area (Å²) in [5, 5.41) is 6.61. The third-order valence-corrected chi connectivity index (χ3v) is 8.26. The van der Waals surface area contributed by atoms with Gasteiger partial charge in [0.2, 0.25) is 0 Å². The number of carbonyl (C=O) groups is 1. The van der Waals surface area contributed by atoms with Gasteiger partial charge in [0.05, 0.1) is 23.0 Å². The number of fused-ring (bicyclic) bond motifs is 4. The van der Waals surface area contributed by atoms with Gasteiger partial charge in [-0.2, -0.15) is 23.3 Å². The van der Waals surface area contributed by atoms with Crippen molar-refractivity contribution in [1.82, 2.24) is 4.90 Å². The van der Waals surface area contributed by atoms with Gasteiger partial charge in [-0.25, -0.2) is 0 Å². The van der Waals surface area contributed by atoms with E-state index in [0.29, 0.717) is 35.1 Å². The second-order valence-electron chi connectivity index (χ2n) is 10.2. The highest BCUT2D eigenvalue weighted by atomic mass is 35.5. The summed E-state index contributed by atoms with van der Waals surface area (Å²) in [6.07, 6.45) is -4.31. The molecule has 0 saturated carbocycles. The fourth-order valence-corrected chi connectivity index (χ4v) is 6.24. The molecule has 0 aromatic heterocycles. The van der Waals surface area contributed by atoms with Gasteiger partial charge in [0.15, 0.2) is 0 Å². The Labute approximate surface area is 224 Å². The maximum Gasteiger partial charge on any atom is 0.416 e. The van der Waals surface area contributed by atoms with Gasteiger partial charge in [-0.15, -0.1) is 0 Å². The van der Waals surface area contributed by atoms with E-state index in [4.69, 9.17) is 11.6 Å². The molecule has 3 heterocycles. The summed E-state index contributed by atoms with van der Waals surface area (Å²) in [6.45, 7) is 4.46. The zero-order valence-electron chi connectivity index (χ0n) is 20.8. The Morgan fingerprint density at radius 1 is 1.03 bits per heavy atom. The van der Waals surface area contributed by atoms with Crippen LogP contribution in [0.15, 0.2) is 77.9 Å². The van der Waals surface area contributed by atoms with Crippen molar-refractivity contribution in [1.29, 1.82) is 0 Å². The number of amides is 1. The predicted octanol–water partition coefficient (Wildman–Crippen LogP) is 6.01. The van der Waals surface area contributed by atoms with E-state index in [1.54, 1.807) is 30.3 Å². The van der Waals surface area contributed by atoms with Crippen LogP contribution in [0.2, 0.25) is 5.02 Å². The van der Waals surface area contributed by atoms with E-state index in [1.165, 1.54) is 16.6 Å². The largest absolute Gasteiger partial charge is 0.416 e. The summed E-state index contributed by atoms with van der Waals surface area (Å²) in [4.78, 5) is 18.7.